The fourth-order valence-corrected chi connectivity index (χ4v) is 3.30. The summed E-state index contributed by atoms with van der Waals surface area (Å²) in [6.07, 6.45) is 3.78. The minimum Gasteiger partial charge on any atom is -0.741 e. The van der Waals surface area contributed by atoms with Gasteiger partial charge in [-0.3, -0.25) is 9.97 Å². The Labute approximate surface area is 245 Å². The second-order valence-corrected chi connectivity index (χ2v) is 13.5. The van der Waals surface area contributed by atoms with Crippen molar-refractivity contribution in [1.82, 2.24) is 15.0 Å². The van der Waals surface area contributed by atoms with Crippen LogP contribution in [-0.4, -0.2) is 33.4 Å². The maximum Gasteiger partial charge on any atom is 1.00 e. The summed E-state index contributed by atoms with van der Waals surface area (Å²) in [4.78, 5) is 14.3. The van der Waals surface area contributed by atoms with Gasteiger partial charge in [-0.25, -0.2) is 13.4 Å². The van der Waals surface area contributed by atoms with Gasteiger partial charge in [-0.2, -0.15) is 13.2 Å². The average Bonchev–Trinajstić information content (AvgIpc) is 2.76. The molecule has 0 unspecified atom stereocenters. The number of rotatable bonds is 2. The maximum atomic E-state index is 10.7. The molecule has 3 heterocycles. The molecule has 218 valence electrons. The van der Waals surface area contributed by atoms with Gasteiger partial charge in [-0.1, -0.05) is 62.3 Å². The number of nitrogens with zero attached hydrogens (tertiary/aromatic N) is 3. The van der Waals surface area contributed by atoms with E-state index in [1.165, 1.54) is 16.7 Å². The zero-order chi connectivity index (χ0) is 29.3. The molecule has 0 aliphatic carbocycles. The fourth-order valence-electron chi connectivity index (χ4n) is 3.30. The third kappa shape index (κ3) is 9.79. The van der Waals surface area contributed by atoms with E-state index in [1.807, 2.05) is 12.4 Å². The summed E-state index contributed by atoms with van der Waals surface area (Å²) < 4.78 is 58.9. The molecule has 39 heavy (non-hydrogen) atoms. The minimum atomic E-state index is -6.09. The quantitative estimate of drug-likeness (QED) is 0.157. The second kappa shape index (κ2) is 12.2. The molecule has 0 amide bonds. The number of halogens is 3. The smallest absolute Gasteiger partial charge is 0.741 e. The zero-order valence-corrected chi connectivity index (χ0v) is 26.5. The topological polar surface area (TPSA) is 95.9 Å². The van der Waals surface area contributed by atoms with Gasteiger partial charge >= 0.3 is 27.9 Å². The maximum absolute atomic E-state index is 10.7. The van der Waals surface area contributed by atoms with E-state index < -0.39 is 15.6 Å². The van der Waals surface area contributed by atoms with E-state index in [0.29, 0.717) is 0 Å². The van der Waals surface area contributed by atoms with Crippen molar-refractivity contribution >= 4 is 10.1 Å². The van der Waals surface area contributed by atoms with Gasteiger partial charge < -0.3 is 4.55 Å². The van der Waals surface area contributed by atoms with E-state index in [1.54, 1.807) is 0 Å². The zero-order valence-electron chi connectivity index (χ0n) is 23.5. The Balaban J connectivity index is 0.000000737. The van der Waals surface area contributed by atoms with Crippen LogP contribution >= 0.6 is 0 Å². The fraction of sp³-hybridized carbons (Fsp3) is 0.464. The molecule has 0 aliphatic heterocycles. The first-order valence-corrected chi connectivity index (χ1v) is 13.4. The van der Waals surface area contributed by atoms with Crippen molar-refractivity contribution in [2.75, 3.05) is 0 Å². The largest absolute Gasteiger partial charge is 1.00 e. The van der Waals surface area contributed by atoms with Crippen LogP contribution in [0.5, 0.6) is 0 Å². The van der Waals surface area contributed by atoms with Crippen LogP contribution in [-0.2, 0) is 48.7 Å². The summed E-state index contributed by atoms with van der Waals surface area (Å²) in [6.45, 7) is 20.0. The van der Waals surface area contributed by atoms with Crippen LogP contribution in [0.3, 0.4) is 0 Å². The number of aromatic nitrogens is 3. The first kappa shape index (κ1) is 34.9. The SMILES string of the molecule is CC(C)(C)c1ccnc(-c2cc(C(C)(C)C)cc(-c3cc(C(C)(C)C)ccn3)n2)c1.O=S(=O)([O-])C(F)(F)F.[Au+]. The summed E-state index contributed by atoms with van der Waals surface area (Å²) in [7, 11) is -6.09. The molecule has 3 aromatic heterocycles. The van der Waals surface area contributed by atoms with Crippen molar-refractivity contribution in [1.29, 1.82) is 0 Å². The van der Waals surface area contributed by atoms with Gasteiger partial charge in [0.25, 0.3) is 0 Å². The third-order valence-electron chi connectivity index (χ3n) is 5.75. The first-order chi connectivity index (χ1) is 17.0. The number of pyridine rings is 3. The van der Waals surface area contributed by atoms with Gasteiger partial charge in [-0.05, 0) is 69.3 Å². The van der Waals surface area contributed by atoms with E-state index in [2.05, 4.69) is 109 Å². The Morgan fingerprint density at radius 3 is 1.15 bits per heavy atom. The van der Waals surface area contributed by atoms with Gasteiger partial charge in [0.2, 0.25) is 0 Å². The molecule has 0 bridgehead atoms. The van der Waals surface area contributed by atoms with Crippen molar-refractivity contribution < 1.29 is 48.5 Å². The summed E-state index contributed by atoms with van der Waals surface area (Å²) in [6, 6.07) is 12.9. The molecular formula is C28H35AuF3N3O3S. The van der Waals surface area contributed by atoms with Crippen LogP contribution in [0, 0.1) is 0 Å². The van der Waals surface area contributed by atoms with Crippen LogP contribution in [0.4, 0.5) is 13.2 Å². The Hall–Kier alpha value is -2.11. The number of hydrogen-bond acceptors (Lipinski definition) is 6. The van der Waals surface area contributed by atoms with E-state index in [4.69, 9.17) is 18.0 Å². The summed E-state index contributed by atoms with van der Waals surface area (Å²) in [5.74, 6) is 0. The Kier molecular flexibility index (Phi) is 10.9. The molecule has 0 saturated carbocycles. The molecule has 6 nitrogen and oxygen atoms in total. The van der Waals surface area contributed by atoms with Crippen molar-refractivity contribution in [3.8, 4) is 22.8 Å². The molecular weight excluding hydrogens is 712 g/mol. The van der Waals surface area contributed by atoms with Crippen molar-refractivity contribution in [2.24, 2.45) is 0 Å². The Morgan fingerprint density at radius 2 is 0.897 bits per heavy atom. The molecule has 0 aliphatic rings. The van der Waals surface area contributed by atoms with Gasteiger partial charge in [-0.15, -0.1) is 0 Å². The first-order valence-electron chi connectivity index (χ1n) is 12.0. The third-order valence-corrected chi connectivity index (χ3v) is 6.32. The Morgan fingerprint density at radius 1 is 0.615 bits per heavy atom. The average molecular weight is 748 g/mol. The van der Waals surface area contributed by atoms with Gasteiger partial charge in [0.1, 0.15) is 0 Å². The number of hydrogen-bond donors (Lipinski definition) is 0. The van der Waals surface area contributed by atoms with Crippen LogP contribution < -0.4 is 0 Å². The predicted octanol–water partition coefficient (Wildman–Crippen LogP) is 7.15. The van der Waals surface area contributed by atoms with Gasteiger partial charge in [0.15, 0.2) is 10.1 Å². The van der Waals surface area contributed by atoms with Crippen LogP contribution in [0.15, 0.2) is 48.8 Å². The normalized spacial score (nSPS) is 12.7. The molecule has 3 aromatic rings. The van der Waals surface area contributed by atoms with Crippen LogP contribution in [0.2, 0.25) is 0 Å². The standard InChI is InChI=1S/C27H35N3.CHF3O3S.Au/c1-25(2,3)18-10-12-28-21(14-18)23-16-20(27(7,8)9)17-24(30-23)22-15-19(11-13-29-22)26(4,5)6;2-1(3,4)8(5,6)7;/h10-17H,1-9H3;(H,5,6,7);/q;;+1/p-1. The van der Waals surface area contributed by atoms with Gasteiger partial charge in [0.05, 0.1) is 22.8 Å². The van der Waals surface area contributed by atoms with Crippen molar-refractivity contribution in [3.05, 3.63) is 65.5 Å². The monoisotopic (exact) mass is 747 g/mol. The summed E-state index contributed by atoms with van der Waals surface area (Å²) in [5, 5.41) is 0. The molecule has 3 rings (SSSR count). The van der Waals surface area contributed by atoms with Crippen molar-refractivity contribution in [3.63, 3.8) is 0 Å². The van der Waals surface area contributed by atoms with Gasteiger partial charge in [0, 0.05) is 12.4 Å². The molecule has 0 saturated heterocycles. The molecule has 0 spiro atoms. The predicted molar refractivity (Wildman–Crippen MR) is 143 cm³/mol. The molecule has 0 fully saturated rings. The Bertz CT molecular complexity index is 1310. The second-order valence-electron chi connectivity index (χ2n) is 12.1. The van der Waals surface area contributed by atoms with E-state index in [0.717, 1.165) is 22.8 Å². The summed E-state index contributed by atoms with van der Waals surface area (Å²) >= 11 is 0. The molecule has 11 heteroatoms. The molecule has 0 radical (unpaired) electrons. The number of alkyl halides is 3. The van der Waals surface area contributed by atoms with E-state index >= 15 is 0 Å². The van der Waals surface area contributed by atoms with E-state index in [-0.39, 0.29) is 38.6 Å². The molecule has 0 aromatic carbocycles. The van der Waals surface area contributed by atoms with Crippen LogP contribution in [0.25, 0.3) is 22.8 Å². The van der Waals surface area contributed by atoms with Crippen LogP contribution in [0.1, 0.15) is 79.0 Å². The van der Waals surface area contributed by atoms with Crippen molar-refractivity contribution in [2.45, 2.75) is 84.1 Å². The van der Waals surface area contributed by atoms with E-state index in [9.17, 15) is 13.2 Å². The minimum absolute atomic E-state index is 0. The summed E-state index contributed by atoms with van der Waals surface area (Å²) in [5.41, 5.74) is 1.81. The molecule has 0 atom stereocenters. The molecule has 0 N–H and O–H groups in total.